The fourth-order valence-corrected chi connectivity index (χ4v) is 2.62. The summed E-state index contributed by atoms with van der Waals surface area (Å²) in [6.45, 7) is 2.21. The molecule has 1 aliphatic heterocycles. The van der Waals surface area contributed by atoms with Crippen LogP contribution in [0.5, 0.6) is 0 Å². The molecule has 1 fully saturated rings. The lowest BCUT2D eigenvalue weighted by molar-refractivity contribution is 0.154. The quantitative estimate of drug-likeness (QED) is 0.842. The lowest BCUT2D eigenvalue weighted by Crippen LogP contribution is -2.31. The molecule has 0 saturated carbocycles. The highest BCUT2D eigenvalue weighted by atomic mass is 35.5. The van der Waals surface area contributed by atoms with Gasteiger partial charge in [0, 0.05) is 23.7 Å². The van der Waals surface area contributed by atoms with Gasteiger partial charge in [0.25, 0.3) is 0 Å². The van der Waals surface area contributed by atoms with Crippen molar-refractivity contribution >= 4 is 28.9 Å². The zero-order valence-electron chi connectivity index (χ0n) is 8.43. The highest BCUT2D eigenvalue weighted by Crippen LogP contribution is 2.22. The number of anilines is 1. The van der Waals surface area contributed by atoms with Crippen molar-refractivity contribution in [2.24, 2.45) is 0 Å². The van der Waals surface area contributed by atoms with Crippen LogP contribution in [-0.4, -0.2) is 34.2 Å². The Morgan fingerprint density at radius 2 is 2.47 bits per heavy atom. The third-order valence-corrected chi connectivity index (χ3v) is 3.45. The van der Waals surface area contributed by atoms with Crippen molar-refractivity contribution in [2.75, 3.05) is 18.9 Å². The number of nitrogen functional groups attached to an aromatic ring is 1. The SMILES string of the molecule is Cl.Nc1ncc(CN2CCC[C@H]2CO)s1. The van der Waals surface area contributed by atoms with Gasteiger partial charge in [-0.1, -0.05) is 0 Å². The molecule has 86 valence electrons. The van der Waals surface area contributed by atoms with Crippen molar-refractivity contribution in [1.29, 1.82) is 0 Å². The third-order valence-electron chi connectivity index (χ3n) is 2.64. The molecular weight excluding hydrogens is 234 g/mol. The Bertz CT molecular complexity index is 307. The molecule has 4 nitrogen and oxygen atoms in total. The summed E-state index contributed by atoms with van der Waals surface area (Å²) in [5.74, 6) is 0. The van der Waals surface area contributed by atoms with E-state index in [9.17, 15) is 0 Å². The van der Waals surface area contributed by atoms with Crippen LogP contribution in [0.25, 0.3) is 0 Å². The molecule has 0 aromatic carbocycles. The van der Waals surface area contributed by atoms with Crippen LogP contribution < -0.4 is 5.73 Å². The minimum absolute atomic E-state index is 0. The van der Waals surface area contributed by atoms with Crippen LogP contribution >= 0.6 is 23.7 Å². The number of rotatable bonds is 3. The maximum atomic E-state index is 9.14. The monoisotopic (exact) mass is 249 g/mol. The van der Waals surface area contributed by atoms with Gasteiger partial charge >= 0.3 is 0 Å². The Morgan fingerprint density at radius 1 is 1.67 bits per heavy atom. The Kier molecular flexibility index (Phi) is 4.79. The van der Waals surface area contributed by atoms with Crippen molar-refractivity contribution in [3.05, 3.63) is 11.1 Å². The summed E-state index contributed by atoms with van der Waals surface area (Å²) < 4.78 is 0. The first-order valence-corrected chi connectivity index (χ1v) is 5.66. The number of nitrogens with zero attached hydrogens (tertiary/aromatic N) is 2. The van der Waals surface area contributed by atoms with Gasteiger partial charge in [0.05, 0.1) is 6.61 Å². The number of aliphatic hydroxyl groups is 1. The number of hydrogen-bond acceptors (Lipinski definition) is 5. The molecule has 1 aliphatic rings. The van der Waals surface area contributed by atoms with E-state index in [1.165, 1.54) is 22.6 Å². The van der Waals surface area contributed by atoms with E-state index in [0.717, 1.165) is 19.5 Å². The van der Waals surface area contributed by atoms with Crippen molar-refractivity contribution in [3.63, 3.8) is 0 Å². The first-order valence-electron chi connectivity index (χ1n) is 4.84. The molecule has 1 saturated heterocycles. The predicted octanol–water partition coefficient (Wildman–Crippen LogP) is 1.10. The van der Waals surface area contributed by atoms with Crippen molar-refractivity contribution in [1.82, 2.24) is 9.88 Å². The summed E-state index contributed by atoms with van der Waals surface area (Å²) in [5, 5.41) is 9.77. The van der Waals surface area contributed by atoms with Crippen LogP contribution in [-0.2, 0) is 6.54 Å². The van der Waals surface area contributed by atoms with Gasteiger partial charge in [-0.3, -0.25) is 4.90 Å². The number of thiazole rings is 1. The number of nitrogens with two attached hydrogens (primary N) is 1. The average molecular weight is 250 g/mol. The summed E-state index contributed by atoms with van der Waals surface area (Å²) in [5.41, 5.74) is 5.56. The van der Waals surface area contributed by atoms with Gasteiger partial charge in [-0.2, -0.15) is 0 Å². The summed E-state index contributed by atoms with van der Waals surface area (Å²) in [6.07, 6.45) is 4.11. The normalized spacial score (nSPS) is 21.5. The molecule has 0 amide bonds. The van der Waals surface area contributed by atoms with Crippen LogP contribution in [0, 0.1) is 0 Å². The van der Waals surface area contributed by atoms with E-state index in [-0.39, 0.29) is 19.0 Å². The first-order chi connectivity index (χ1) is 6.79. The number of likely N-dealkylation sites (tertiary alicyclic amines) is 1. The molecule has 0 bridgehead atoms. The molecule has 0 radical (unpaired) electrons. The molecule has 1 atom stereocenters. The van der Waals surface area contributed by atoms with Gasteiger partial charge < -0.3 is 10.8 Å². The van der Waals surface area contributed by atoms with Crippen molar-refractivity contribution < 1.29 is 5.11 Å². The van der Waals surface area contributed by atoms with Gasteiger partial charge in [-0.25, -0.2) is 4.98 Å². The molecule has 1 aromatic rings. The molecule has 6 heteroatoms. The van der Waals surface area contributed by atoms with Crippen molar-refractivity contribution in [2.45, 2.75) is 25.4 Å². The molecule has 0 unspecified atom stereocenters. The van der Waals surface area contributed by atoms with Gasteiger partial charge in [-0.05, 0) is 19.4 Å². The van der Waals surface area contributed by atoms with E-state index in [1.807, 2.05) is 6.20 Å². The standard InChI is InChI=1S/C9H15N3OS.ClH/c10-9-11-4-8(14-9)5-12-3-1-2-7(12)6-13;/h4,7,13H,1-3,5-6H2,(H2,10,11);1H/t7-;/m0./s1. The summed E-state index contributed by atoms with van der Waals surface area (Å²) >= 11 is 1.53. The van der Waals surface area contributed by atoms with Crippen molar-refractivity contribution in [3.8, 4) is 0 Å². The Hall–Kier alpha value is -0.360. The molecule has 0 aliphatic carbocycles. The minimum Gasteiger partial charge on any atom is -0.395 e. The number of hydrogen-bond donors (Lipinski definition) is 2. The smallest absolute Gasteiger partial charge is 0.180 e. The van der Waals surface area contributed by atoms with E-state index < -0.39 is 0 Å². The maximum absolute atomic E-state index is 9.14. The van der Waals surface area contributed by atoms with Crippen LogP contribution in [0.1, 0.15) is 17.7 Å². The van der Waals surface area contributed by atoms with Crippen LogP contribution in [0.2, 0.25) is 0 Å². The second-order valence-corrected chi connectivity index (χ2v) is 4.76. The fourth-order valence-electron chi connectivity index (χ4n) is 1.91. The minimum atomic E-state index is 0. The first kappa shape index (κ1) is 12.7. The average Bonchev–Trinajstić information content (AvgIpc) is 2.76. The second kappa shape index (κ2) is 5.65. The zero-order valence-corrected chi connectivity index (χ0v) is 10.1. The molecule has 0 spiro atoms. The van der Waals surface area contributed by atoms with Crippen LogP contribution in [0.3, 0.4) is 0 Å². The lowest BCUT2D eigenvalue weighted by Gasteiger charge is -2.21. The molecule has 2 heterocycles. The lowest BCUT2D eigenvalue weighted by atomic mass is 10.2. The van der Waals surface area contributed by atoms with E-state index in [4.69, 9.17) is 10.8 Å². The topological polar surface area (TPSA) is 62.4 Å². The molecule has 1 aromatic heterocycles. The molecular formula is C9H16ClN3OS. The van der Waals surface area contributed by atoms with Gasteiger partial charge in [0.1, 0.15) is 0 Å². The maximum Gasteiger partial charge on any atom is 0.180 e. The van der Waals surface area contributed by atoms with E-state index >= 15 is 0 Å². The van der Waals surface area contributed by atoms with E-state index in [1.54, 1.807) is 0 Å². The number of aliphatic hydroxyl groups excluding tert-OH is 1. The number of halogens is 1. The summed E-state index contributed by atoms with van der Waals surface area (Å²) in [7, 11) is 0. The second-order valence-electron chi connectivity index (χ2n) is 3.61. The fraction of sp³-hybridized carbons (Fsp3) is 0.667. The van der Waals surface area contributed by atoms with Crippen LogP contribution in [0.15, 0.2) is 6.20 Å². The van der Waals surface area contributed by atoms with Gasteiger partial charge in [0.2, 0.25) is 0 Å². The van der Waals surface area contributed by atoms with E-state index in [0.29, 0.717) is 11.2 Å². The largest absolute Gasteiger partial charge is 0.395 e. The Morgan fingerprint density at radius 3 is 3.07 bits per heavy atom. The third kappa shape index (κ3) is 3.04. The molecule has 2 rings (SSSR count). The Labute approximate surface area is 99.5 Å². The number of aromatic nitrogens is 1. The molecule has 3 N–H and O–H groups in total. The molecule has 15 heavy (non-hydrogen) atoms. The van der Waals surface area contributed by atoms with Gasteiger partial charge in [-0.15, -0.1) is 23.7 Å². The van der Waals surface area contributed by atoms with Crippen LogP contribution in [0.4, 0.5) is 5.13 Å². The highest BCUT2D eigenvalue weighted by molar-refractivity contribution is 7.15. The van der Waals surface area contributed by atoms with E-state index in [2.05, 4.69) is 9.88 Å². The van der Waals surface area contributed by atoms with Gasteiger partial charge in [0.15, 0.2) is 5.13 Å². The zero-order chi connectivity index (χ0) is 9.97. The predicted molar refractivity (Wildman–Crippen MR) is 64.3 cm³/mol. The summed E-state index contributed by atoms with van der Waals surface area (Å²) in [4.78, 5) is 7.50. The summed E-state index contributed by atoms with van der Waals surface area (Å²) in [6, 6.07) is 0.332. The highest BCUT2D eigenvalue weighted by Gasteiger charge is 2.23. The Balaban J connectivity index is 0.00000112.